The molecule has 0 saturated carbocycles. The standard InChI is InChI=1S/C18H38N4O2/c1-5-9-12-21(13-10-6-2)15-16-22(17-23)18(24)19-11-14-20(7-3)8-4/h17H,5-16H2,1-4H3,(H,19,24). The molecule has 0 unspecified atom stereocenters. The maximum absolute atomic E-state index is 12.1. The quantitative estimate of drug-likeness (QED) is 0.464. The molecule has 0 fully saturated rings. The minimum atomic E-state index is -0.289. The summed E-state index contributed by atoms with van der Waals surface area (Å²) in [6, 6.07) is -0.289. The highest BCUT2D eigenvalue weighted by molar-refractivity contribution is 5.84. The van der Waals surface area contributed by atoms with Crippen LogP contribution in [0.25, 0.3) is 0 Å². The number of imide groups is 1. The normalized spacial score (nSPS) is 11.1. The topological polar surface area (TPSA) is 55.9 Å². The van der Waals surface area contributed by atoms with Crippen LogP contribution in [0, 0.1) is 0 Å². The molecule has 142 valence electrons. The molecule has 0 radical (unpaired) electrons. The molecule has 0 rings (SSSR count). The van der Waals surface area contributed by atoms with Crippen molar-refractivity contribution in [3.05, 3.63) is 0 Å². The van der Waals surface area contributed by atoms with Gasteiger partial charge in [-0.1, -0.05) is 40.5 Å². The average molecular weight is 343 g/mol. The third-order valence-electron chi connectivity index (χ3n) is 4.30. The second kappa shape index (κ2) is 15.4. The highest BCUT2D eigenvalue weighted by Crippen LogP contribution is 2.00. The molecule has 0 bridgehead atoms. The summed E-state index contributed by atoms with van der Waals surface area (Å²) in [7, 11) is 0. The first-order valence-corrected chi connectivity index (χ1v) is 9.57. The molecule has 3 amide bonds. The maximum atomic E-state index is 12.1. The van der Waals surface area contributed by atoms with Gasteiger partial charge in [-0.05, 0) is 39.0 Å². The van der Waals surface area contributed by atoms with Gasteiger partial charge in [-0.15, -0.1) is 0 Å². The summed E-state index contributed by atoms with van der Waals surface area (Å²) in [4.78, 5) is 29.2. The Kier molecular flexibility index (Phi) is 14.7. The van der Waals surface area contributed by atoms with Crippen molar-refractivity contribution in [1.29, 1.82) is 0 Å². The zero-order chi connectivity index (χ0) is 18.2. The highest BCUT2D eigenvalue weighted by Gasteiger charge is 2.14. The van der Waals surface area contributed by atoms with Crippen molar-refractivity contribution in [2.24, 2.45) is 0 Å². The molecule has 1 N–H and O–H groups in total. The van der Waals surface area contributed by atoms with Gasteiger partial charge in [-0.25, -0.2) is 4.79 Å². The van der Waals surface area contributed by atoms with E-state index in [0.29, 0.717) is 19.5 Å². The first-order valence-electron chi connectivity index (χ1n) is 9.57. The lowest BCUT2D eigenvalue weighted by Gasteiger charge is -2.25. The van der Waals surface area contributed by atoms with E-state index in [1.807, 2.05) is 0 Å². The number of carbonyl (C=O) groups is 2. The monoisotopic (exact) mass is 342 g/mol. The number of hydrogen-bond donors (Lipinski definition) is 1. The Morgan fingerprint density at radius 1 is 0.833 bits per heavy atom. The fourth-order valence-electron chi connectivity index (χ4n) is 2.51. The summed E-state index contributed by atoms with van der Waals surface area (Å²) >= 11 is 0. The van der Waals surface area contributed by atoms with Crippen molar-refractivity contribution >= 4 is 12.4 Å². The van der Waals surface area contributed by atoms with Crippen LogP contribution in [0.4, 0.5) is 4.79 Å². The van der Waals surface area contributed by atoms with Crippen LogP contribution < -0.4 is 5.32 Å². The van der Waals surface area contributed by atoms with Crippen LogP contribution in [0.5, 0.6) is 0 Å². The molecule has 24 heavy (non-hydrogen) atoms. The zero-order valence-corrected chi connectivity index (χ0v) is 16.2. The van der Waals surface area contributed by atoms with E-state index in [9.17, 15) is 9.59 Å². The van der Waals surface area contributed by atoms with E-state index in [0.717, 1.165) is 65.0 Å². The predicted molar refractivity (Wildman–Crippen MR) is 100 cm³/mol. The van der Waals surface area contributed by atoms with Crippen molar-refractivity contribution in [3.63, 3.8) is 0 Å². The van der Waals surface area contributed by atoms with Crippen molar-refractivity contribution < 1.29 is 9.59 Å². The Morgan fingerprint density at radius 3 is 1.88 bits per heavy atom. The molecular weight excluding hydrogens is 304 g/mol. The van der Waals surface area contributed by atoms with Crippen molar-refractivity contribution in [2.45, 2.75) is 53.4 Å². The van der Waals surface area contributed by atoms with Crippen LogP contribution in [0.15, 0.2) is 0 Å². The van der Waals surface area contributed by atoms with E-state index in [-0.39, 0.29) is 6.03 Å². The molecule has 0 saturated heterocycles. The SMILES string of the molecule is CCCCN(CCCC)CCN(C=O)C(=O)NCCN(CC)CC. The van der Waals surface area contributed by atoms with Gasteiger partial charge < -0.3 is 15.1 Å². The first kappa shape index (κ1) is 22.9. The van der Waals surface area contributed by atoms with E-state index in [4.69, 9.17) is 0 Å². The molecule has 0 spiro atoms. The van der Waals surface area contributed by atoms with Crippen LogP contribution in [0.2, 0.25) is 0 Å². The van der Waals surface area contributed by atoms with Gasteiger partial charge in [0.05, 0.1) is 0 Å². The largest absolute Gasteiger partial charge is 0.336 e. The zero-order valence-electron chi connectivity index (χ0n) is 16.2. The lowest BCUT2D eigenvalue weighted by molar-refractivity contribution is -0.115. The Hall–Kier alpha value is -1.14. The minimum absolute atomic E-state index is 0.289. The molecule has 0 aromatic heterocycles. The number of hydrogen-bond acceptors (Lipinski definition) is 4. The average Bonchev–Trinajstić information content (AvgIpc) is 2.60. The number of rotatable bonds is 15. The number of amides is 3. The van der Waals surface area contributed by atoms with Crippen molar-refractivity contribution in [1.82, 2.24) is 20.0 Å². The van der Waals surface area contributed by atoms with Gasteiger partial charge >= 0.3 is 6.03 Å². The fourth-order valence-corrected chi connectivity index (χ4v) is 2.51. The van der Waals surface area contributed by atoms with Crippen molar-refractivity contribution in [2.75, 3.05) is 52.4 Å². The molecule has 0 atom stereocenters. The number of carbonyl (C=O) groups excluding carboxylic acids is 2. The number of urea groups is 1. The Balaban J connectivity index is 4.24. The molecule has 0 aliphatic carbocycles. The highest BCUT2D eigenvalue weighted by atomic mass is 16.2. The Bertz CT molecular complexity index is 314. The van der Waals surface area contributed by atoms with E-state index in [2.05, 4.69) is 42.8 Å². The number of nitrogens with zero attached hydrogens (tertiary/aromatic N) is 3. The Morgan fingerprint density at radius 2 is 1.42 bits per heavy atom. The van der Waals surface area contributed by atoms with E-state index in [1.54, 1.807) is 0 Å². The van der Waals surface area contributed by atoms with Crippen LogP contribution in [0.3, 0.4) is 0 Å². The molecule has 0 heterocycles. The van der Waals surface area contributed by atoms with E-state index >= 15 is 0 Å². The van der Waals surface area contributed by atoms with E-state index in [1.165, 1.54) is 4.90 Å². The fraction of sp³-hybridized carbons (Fsp3) is 0.889. The number of likely N-dealkylation sites (N-methyl/N-ethyl adjacent to an activating group) is 1. The predicted octanol–water partition coefficient (Wildman–Crippen LogP) is 2.40. The maximum Gasteiger partial charge on any atom is 0.323 e. The summed E-state index contributed by atoms with van der Waals surface area (Å²) in [5.74, 6) is 0. The van der Waals surface area contributed by atoms with Gasteiger partial charge in [0, 0.05) is 26.2 Å². The molecule has 0 aromatic carbocycles. The summed E-state index contributed by atoms with van der Waals surface area (Å²) in [5.41, 5.74) is 0. The second-order valence-corrected chi connectivity index (χ2v) is 6.11. The van der Waals surface area contributed by atoms with Crippen molar-refractivity contribution in [3.8, 4) is 0 Å². The molecule has 6 heteroatoms. The van der Waals surface area contributed by atoms with Gasteiger partial charge in [0.1, 0.15) is 0 Å². The number of unbranched alkanes of at least 4 members (excludes halogenated alkanes) is 2. The van der Waals surface area contributed by atoms with Crippen LogP contribution in [-0.4, -0.2) is 79.5 Å². The summed E-state index contributed by atoms with van der Waals surface area (Å²) in [6.45, 7) is 15.1. The Labute approximate surface area is 148 Å². The molecule has 6 nitrogen and oxygen atoms in total. The molecular formula is C18H38N4O2. The van der Waals surface area contributed by atoms with Gasteiger partial charge in [0.2, 0.25) is 6.41 Å². The van der Waals surface area contributed by atoms with Crippen LogP contribution in [0.1, 0.15) is 53.4 Å². The lowest BCUT2D eigenvalue weighted by atomic mass is 10.2. The van der Waals surface area contributed by atoms with Gasteiger partial charge in [-0.3, -0.25) is 9.69 Å². The molecule has 0 aliphatic heterocycles. The minimum Gasteiger partial charge on any atom is -0.336 e. The van der Waals surface area contributed by atoms with Gasteiger partial charge in [0.15, 0.2) is 0 Å². The van der Waals surface area contributed by atoms with Gasteiger partial charge in [-0.2, -0.15) is 0 Å². The first-order chi connectivity index (χ1) is 11.6. The summed E-state index contributed by atoms with van der Waals surface area (Å²) < 4.78 is 0. The van der Waals surface area contributed by atoms with Gasteiger partial charge in [0.25, 0.3) is 0 Å². The summed E-state index contributed by atoms with van der Waals surface area (Å²) in [5, 5.41) is 2.84. The number of nitrogens with one attached hydrogen (secondary N) is 1. The lowest BCUT2D eigenvalue weighted by Crippen LogP contribution is -2.45. The summed E-state index contributed by atoms with van der Waals surface area (Å²) in [6.07, 6.45) is 5.27. The second-order valence-electron chi connectivity index (χ2n) is 6.11. The van der Waals surface area contributed by atoms with Crippen LogP contribution >= 0.6 is 0 Å². The third-order valence-corrected chi connectivity index (χ3v) is 4.30. The molecule has 0 aromatic rings. The smallest absolute Gasteiger partial charge is 0.323 e. The molecule has 0 aliphatic rings. The van der Waals surface area contributed by atoms with Crippen LogP contribution in [-0.2, 0) is 4.79 Å². The third kappa shape index (κ3) is 10.6. The van der Waals surface area contributed by atoms with E-state index < -0.39 is 0 Å².